The van der Waals surface area contributed by atoms with Crippen LogP contribution in [0.25, 0.3) is 0 Å². The minimum Gasteiger partial charge on any atom is -0.295 e. The van der Waals surface area contributed by atoms with Crippen molar-refractivity contribution in [3.05, 3.63) is 35.9 Å². The van der Waals surface area contributed by atoms with Crippen molar-refractivity contribution in [2.24, 2.45) is 15.9 Å². The van der Waals surface area contributed by atoms with Crippen LogP contribution >= 0.6 is 0 Å². The van der Waals surface area contributed by atoms with Gasteiger partial charge >= 0.3 is 0 Å². The first-order valence-electron chi connectivity index (χ1n) is 5.34. The minimum atomic E-state index is 0.531. The average Bonchev–Trinajstić information content (AvgIpc) is 2.24. The lowest BCUT2D eigenvalue weighted by Crippen LogP contribution is -1.92. The summed E-state index contributed by atoms with van der Waals surface area (Å²) in [7, 11) is 0. The molecule has 15 heavy (non-hydrogen) atoms. The third-order valence-corrected chi connectivity index (χ3v) is 1.80. The van der Waals surface area contributed by atoms with Gasteiger partial charge in [-0.1, -0.05) is 44.2 Å². The summed E-state index contributed by atoms with van der Waals surface area (Å²) in [6.45, 7) is 5.78. The van der Waals surface area contributed by atoms with E-state index in [0.717, 1.165) is 18.7 Å². The van der Waals surface area contributed by atoms with Gasteiger partial charge in [-0.05, 0) is 11.5 Å². The highest BCUT2D eigenvalue weighted by molar-refractivity contribution is 5.79. The van der Waals surface area contributed by atoms with E-state index in [1.165, 1.54) is 0 Å². The predicted molar refractivity (Wildman–Crippen MR) is 67.1 cm³/mol. The topological polar surface area (TPSA) is 24.7 Å². The Morgan fingerprint density at radius 3 is 2.40 bits per heavy atom. The zero-order chi connectivity index (χ0) is 10.9. The summed E-state index contributed by atoms with van der Waals surface area (Å²) in [6, 6.07) is 10.1. The van der Waals surface area contributed by atoms with E-state index in [-0.39, 0.29) is 0 Å². The van der Waals surface area contributed by atoms with E-state index in [0.29, 0.717) is 5.92 Å². The van der Waals surface area contributed by atoms with Crippen LogP contribution in [0.1, 0.15) is 19.4 Å². The van der Waals surface area contributed by atoms with Gasteiger partial charge in [0.25, 0.3) is 0 Å². The van der Waals surface area contributed by atoms with E-state index in [2.05, 4.69) is 23.8 Å². The van der Waals surface area contributed by atoms with Crippen LogP contribution in [0.5, 0.6) is 0 Å². The standard InChI is InChI=1S/C13H18N2/c1-12(2)10-14-8-9-15-11-13-6-4-3-5-7-13/h3-7,10-12H,8-9H2,1-2H3. The van der Waals surface area contributed by atoms with Crippen LogP contribution in [0.2, 0.25) is 0 Å². The maximum Gasteiger partial charge on any atom is 0.0585 e. The van der Waals surface area contributed by atoms with Gasteiger partial charge in [-0.2, -0.15) is 0 Å². The van der Waals surface area contributed by atoms with E-state index in [4.69, 9.17) is 0 Å². The molecule has 0 aliphatic heterocycles. The first-order valence-corrected chi connectivity index (χ1v) is 5.34. The molecular formula is C13H18N2. The van der Waals surface area contributed by atoms with Crippen molar-refractivity contribution >= 4 is 12.4 Å². The summed E-state index contributed by atoms with van der Waals surface area (Å²) in [5, 5.41) is 0. The summed E-state index contributed by atoms with van der Waals surface area (Å²) in [5.41, 5.74) is 1.14. The van der Waals surface area contributed by atoms with Gasteiger partial charge in [0.15, 0.2) is 0 Å². The molecule has 2 heteroatoms. The van der Waals surface area contributed by atoms with Gasteiger partial charge in [-0.25, -0.2) is 0 Å². The smallest absolute Gasteiger partial charge is 0.0585 e. The summed E-state index contributed by atoms with van der Waals surface area (Å²) < 4.78 is 0. The van der Waals surface area contributed by atoms with Gasteiger partial charge in [-0.3, -0.25) is 9.98 Å². The lowest BCUT2D eigenvalue weighted by Gasteiger charge is -1.93. The number of hydrogen-bond acceptors (Lipinski definition) is 2. The van der Waals surface area contributed by atoms with Crippen LogP contribution in [0.3, 0.4) is 0 Å². The third kappa shape index (κ3) is 5.78. The highest BCUT2D eigenvalue weighted by atomic mass is 14.8. The fourth-order valence-electron chi connectivity index (χ4n) is 1.11. The molecule has 1 rings (SSSR count). The Kier molecular flexibility index (Phi) is 5.38. The SMILES string of the molecule is CC(C)C=NCCN=Cc1ccccc1. The Hall–Kier alpha value is -1.44. The summed E-state index contributed by atoms with van der Waals surface area (Å²) in [5.74, 6) is 0.531. The van der Waals surface area contributed by atoms with E-state index in [9.17, 15) is 0 Å². The van der Waals surface area contributed by atoms with E-state index < -0.39 is 0 Å². The molecule has 0 saturated carbocycles. The van der Waals surface area contributed by atoms with Crippen molar-refractivity contribution in [2.75, 3.05) is 13.1 Å². The van der Waals surface area contributed by atoms with Gasteiger partial charge in [0.2, 0.25) is 0 Å². The summed E-state index contributed by atoms with van der Waals surface area (Å²) in [6.07, 6.45) is 3.86. The lowest BCUT2D eigenvalue weighted by molar-refractivity contribution is 0.886. The number of rotatable bonds is 5. The Bertz CT molecular complexity index is 313. The average molecular weight is 202 g/mol. The maximum absolute atomic E-state index is 4.30. The van der Waals surface area contributed by atoms with Crippen molar-refractivity contribution in [2.45, 2.75) is 13.8 Å². The molecule has 0 unspecified atom stereocenters. The van der Waals surface area contributed by atoms with Crippen molar-refractivity contribution < 1.29 is 0 Å². The monoisotopic (exact) mass is 202 g/mol. The fourth-order valence-corrected chi connectivity index (χ4v) is 1.11. The first kappa shape index (κ1) is 11.6. The highest BCUT2D eigenvalue weighted by Gasteiger charge is 1.85. The second-order valence-corrected chi connectivity index (χ2v) is 3.75. The third-order valence-electron chi connectivity index (χ3n) is 1.80. The normalized spacial score (nSPS) is 11.9. The van der Waals surface area contributed by atoms with Gasteiger partial charge in [-0.15, -0.1) is 0 Å². The van der Waals surface area contributed by atoms with Crippen LogP contribution in [0.15, 0.2) is 40.3 Å². The van der Waals surface area contributed by atoms with Gasteiger partial charge < -0.3 is 0 Å². The van der Waals surface area contributed by atoms with Gasteiger partial charge in [0, 0.05) is 12.4 Å². The number of benzene rings is 1. The maximum atomic E-state index is 4.30. The van der Waals surface area contributed by atoms with Crippen LogP contribution in [-0.2, 0) is 0 Å². The molecule has 0 spiro atoms. The lowest BCUT2D eigenvalue weighted by atomic mass is 10.2. The molecule has 0 aliphatic carbocycles. The first-order chi connectivity index (χ1) is 7.29. The molecule has 0 heterocycles. The number of nitrogens with zero attached hydrogens (tertiary/aromatic N) is 2. The quantitative estimate of drug-likeness (QED) is 0.518. The molecule has 0 saturated heterocycles. The van der Waals surface area contributed by atoms with Crippen molar-refractivity contribution in [3.63, 3.8) is 0 Å². The molecular weight excluding hydrogens is 184 g/mol. The van der Waals surface area contributed by atoms with Crippen LogP contribution in [-0.4, -0.2) is 25.5 Å². The Morgan fingerprint density at radius 2 is 1.73 bits per heavy atom. The largest absolute Gasteiger partial charge is 0.295 e. The molecule has 1 aromatic carbocycles. The molecule has 1 aromatic rings. The van der Waals surface area contributed by atoms with Gasteiger partial charge in [0.1, 0.15) is 0 Å². The molecule has 0 aliphatic rings. The molecule has 0 fully saturated rings. The van der Waals surface area contributed by atoms with Crippen LogP contribution in [0.4, 0.5) is 0 Å². The van der Waals surface area contributed by atoms with E-state index >= 15 is 0 Å². The second-order valence-electron chi connectivity index (χ2n) is 3.75. The fraction of sp³-hybridized carbons (Fsp3) is 0.385. The van der Waals surface area contributed by atoms with Crippen molar-refractivity contribution in [3.8, 4) is 0 Å². The Morgan fingerprint density at radius 1 is 1.07 bits per heavy atom. The molecule has 0 aromatic heterocycles. The molecule has 0 bridgehead atoms. The predicted octanol–water partition coefficient (Wildman–Crippen LogP) is 2.83. The minimum absolute atomic E-state index is 0.531. The molecule has 80 valence electrons. The zero-order valence-electron chi connectivity index (χ0n) is 9.43. The number of aliphatic imine (C=N–C) groups is 2. The molecule has 0 atom stereocenters. The van der Waals surface area contributed by atoms with Gasteiger partial charge in [0.05, 0.1) is 13.1 Å². The Balaban J connectivity index is 2.23. The molecule has 2 nitrogen and oxygen atoms in total. The van der Waals surface area contributed by atoms with Crippen molar-refractivity contribution in [1.29, 1.82) is 0 Å². The van der Waals surface area contributed by atoms with Crippen molar-refractivity contribution in [1.82, 2.24) is 0 Å². The summed E-state index contributed by atoms with van der Waals surface area (Å²) in [4.78, 5) is 8.56. The van der Waals surface area contributed by atoms with Crippen LogP contribution < -0.4 is 0 Å². The molecule has 0 radical (unpaired) electrons. The zero-order valence-corrected chi connectivity index (χ0v) is 9.43. The Labute approximate surface area is 91.8 Å². The van der Waals surface area contributed by atoms with E-state index in [1.54, 1.807) is 0 Å². The second kappa shape index (κ2) is 6.93. The highest BCUT2D eigenvalue weighted by Crippen LogP contribution is 1.93. The number of hydrogen-bond donors (Lipinski definition) is 0. The molecule has 0 N–H and O–H groups in total. The summed E-state index contributed by atoms with van der Waals surface area (Å²) >= 11 is 0. The van der Waals surface area contributed by atoms with E-state index in [1.807, 2.05) is 42.8 Å². The molecule has 0 amide bonds. The van der Waals surface area contributed by atoms with Crippen LogP contribution in [0, 0.1) is 5.92 Å².